The van der Waals surface area contributed by atoms with Gasteiger partial charge in [-0.1, -0.05) is 29.8 Å². The zero-order chi connectivity index (χ0) is 20.4. The van der Waals surface area contributed by atoms with Gasteiger partial charge >= 0.3 is 0 Å². The van der Waals surface area contributed by atoms with Crippen LogP contribution in [0.5, 0.6) is 0 Å². The summed E-state index contributed by atoms with van der Waals surface area (Å²) in [7, 11) is 0. The average Bonchev–Trinajstić information content (AvgIpc) is 3.16. The molecule has 2 heterocycles. The fraction of sp³-hybridized carbons (Fsp3) is 0.217. The van der Waals surface area contributed by atoms with Crippen molar-refractivity contribution in [1.29, 1.82) is 0 Å². The Kier molecular flexibility index (Phi) is 5.45. The maximum absolute atomic E-state index is 13.0. The second kappa shape index (κ2) is 8.17. The van der Waals surface area contributed by atoms with Crippen molar-refractivity contribution in [2.75, 3.05) is 6.54 Å². The van der Waals surface area contributed by atoms with Crippen molar-refractivity contribution in [3.63, 3.8) is 0 Å². The maximum atomic E-state index is 13.0. The van der Waals surface area contributed by atoms with Crippen LogP contribution >= 0.6 is 11.3 Å². The van der Waals surface area contributed by atoms with Gasteiger partial charge in [0.15, 0.2) is 0 Å². The van der Waals surface area contributed by atoms with Crippen LogP contribution in [0, 0.1) is 12.7 Å². The molecule has 0 fully saturated rings. The second-order valence-corrected chi connectivity index (χ2v) is 8.35. The summed E-state index contributed by atoms with van der Waals surface area (Å²) in [5, 5.41) is 2.88. The van der Waals surface area contributed by atoms with Gasteiger partial charge in [-0.3, -0.25) is 9.59 Å². The van der Waals surface area contributed by atoms with Crippen LogP contribution in [0.25, 0.3) is 0 Å². The van der Waals surface area contributed by atoms with Gasteiger partial charge in [0.2, 0.25) is 0 Å². The quantitative estimate of drug-likeness (QED) is 0.699. The first-order valence-corrected chi connectivity index (χ1v) is 10.3. The van der Waals surface area contributed by atoms with E-state index in [0.717, 1.165) is 28.0 Å². The van der Waals surface area contributed by atoms with E-state index in [1.165, 1.54) is 23.5 Å². The van der Waals surface area contributed by atoms with Gasteiger partial charge in [-0.2, -0.15) is 0 Å². The van der Waals surface area contributed by atoms with E-state index in [4.69, 9.17) is 0 Å². The number of carbonyl (C=O) groups excluding carboxylic acids is 2. The first-order chi connectivity index (χ1) is 14.0. The van der Waals surface area contributed by atoms with Crippen molar-refractivity contribution >= 4 is 23.2 Å². The molecule has 1 N–H and O–H groups in total. The van der Waals surface area contributed by atoms with Gasteiger partial charge in [0.1, 0.15) is 5.82 Å². The largest absolute Gasteiger partial charge is 0.347 e. The molecule has 4 rings (SSSR count). The molecule has 29 heavy (non-hydrogen) atoms. The highest BCUT2D eigenvalue weighted by Crippen LogP contribution is 2.29. The fourth-order valence-corrected chi connectivity index (χ4v) is 4.45. The number of rotatable bonds is 4. The van der Waals surface area contributed by atoms with E-state index in [2.05, 4.69) is 5.32 Å². The predicted octanol–water partition coefficient (Wildman–Crippen LogP) is 4.32. The van der Waals surface area contributed by atoms with E-state index in [0.29, 0.717) is 30.1 Å². The lowest BCUT2D eigenvalue weighted by Gasteiger charge is -2.27. The van der Waals surface area contributed by atoms with Crippen LogP contribution in [0.3, 0.4) is 0 Å². The summed E-state index contributed by atoms with van der Waals surface area (Å²) in [6, 6.07) is 15.6. The lowest BCUT2D eigenvalue weighted by Crippen LogP contribution is -2.35. The molecular weight excluding hydrogens is 387 g/mol. The van der Waals surface area contributed by atoms with E-state index < -0.39 is 0 Å². The number of benzene rings is 2. The Hall–Kier alpha value is -2.99. The molecule has 1 aliphatic heterocycles. The molecule has 1 aliphatic rings. The van der Waals surface area contributed by atoms with Gasteiger partial charge in [-0.15, -0.1) is 11.3 Å². The van der Waals surface area contributed by atoms with Gasteiger partial charge in [0.05, 0.1) is 4.88 Å². The highest BCUT2D eigenvalue weighted by molar-refractivity contribution is 7.14. The number of nitrogens with zero attached hydrogens (tertiary/aromatic N) is 1. The molecule has 6 heteroatoms. The van der Waals surface area contributed by atoms with Gasteiger partial charge in [0, 0.05) is 30.1 Å². The third-order valence-corrected chi connectivity index (χ3v) is 6.28. The van der Waals surface area contributed by atoms with Crippen LogP contribution in [0.2, 0.25) is 0 Å². The van der Waals surface area contributed by atoms with E-state index in [-0.39, 0.29) is 17.6 Å². The van der Waals surface area contributed by atoms with Crippen LogP contribution in [0.1, 0.15) is 41.6 Å². The molecule has 0 saturated heterocycles. The number of hydrogen-bond acceptors (Lipinski definition) is 3. The Morgan fingerprint density at radius 1 is 1.10 bits per heavy atom. The number of hydrogen-bond donors (Lipinski definition) is 1. The smallest absolute Gasteiger partial charge is 0.261 e. The number of halogens is 1. The van der Waals surface area contributed by atoms with Crippen LogP contribution in [0.4, 0.5) is 4.39 Å². The zero-order valence-electron chi connectivity index (χ0n) is 16.1. The molecule has 0 unspecified atom stereocenters. The van der Waals surface area contributed by atoms with Crippen molar-refractivity contribution in [2.24, 2.45) is 0 Å². The Morgan fingerprint density at radius 3 is 2.55 bits per heavy atom. The van der Waals surface area contributed by atoms with E-state index in [1.807, 2.05) is 42.2 Å². The van der Waals surface area contributed by atoms with Crippen LogP contribution in [-0.4, -0.2) is 23.3 Å². The third kappa shape index (κ3) is 4.38. The zero-order valence-corrected chi connectivity index (χ0v) is 16.9. The van der Waals surface area contributed by atoms with Gasteiger partial charge in [0.25, 0.3) is 11.8 Å². The van der Waals surface area contributed by atoms with E-state index in [1.54, 1.807) is 12.1 Å². The van der Waals surface area contributed by atoms with Crippen molar-refractivity contribution in [1.82, 2.24) is 10.2 Å². The maximum Gasteiger partial charge on any atom is 0.261 e. The molecule has 4 nitrogen and oxygen atoms in total. The Morgan fingerprint density at radius 2 is 1.83 bits per heavy atom. The molecule has 0 saturated carbocycles. The normalized spacial score (nSPS) is 13.1. The number of fused-ring (bicyclic) bond motifs is 1. The molecule has 0 aliphatic carbocycles. The minimum Gasteiger partial charge on any atom is -0.347 e. The monoisotopic (exact) mass is 408 g/mol. The summed E-state index contributed by atoms with van der Waals surface area (Å²) in [5.74, 6) is -0.426. The number of aryl methyl sites for hydroxylation is 1. The van der Waals surface area contributed by atoms with E-state index >= 15 is 0 Å². The second-order valence-electron chi connectivity index (χ2n) is 7.21. The van der Waals surface area contributed by atoms with Gasteiger partial charge in [-0.25, -0.2) is 4.39 Å². The molecule has 0 bridgehead atoms. The minimum absolute atomic E-state index is 0.0177. The number of amides is 2. The molecule has 148 valence electrons. The lowest BCUT2D eigenvalue weighted by molar-refractivity contribution is 0.0736. The Balaban J connectivity index is 1.41. The summed E-state index contributed by atoms with van der Waals surface area (Å²) in [4.78, 5) is 28.9. The lowest BCUT2D eigenvalue weighted by atomic mass is 10.1. The third-order valence-electron chi connectivity index (χ3n) is 5.04. The molecule has 0 radical (unpaired) electrons. The highest BCUT2D eigenvalue weighted by Gasteiger charge is 2.25. The SMILES string of the molecule is Cc1ccc(C(=O)N2CCc3sc(C(=O)NCc4ccc(F)cc4)cc3C2)cc1. The van der Waals surface area contributed by atoms with Gasteiger partial charge in [-0.05, 0) is 54.8 Å². The molecule has 3 aromatic rings. The highest BCUT2D eigenvalue weighted by atomic mass is 32.1. The summed E-state index contributed by atoms with van der Waals surface area (Å²) in [6.07, 6.45) is 0.753. The van der Waals surface area contributed by atoms with Crippen molar-refractivity contribution in [3.05, 3.63) is 92.4 Å². The average molecular weight is 408 g/mol. The predicted molar refractivity (Wildman–Crippen MR) is 112 cm³/mol. The summed E-state index contributed by atoms with van der Waals surface area (Å²) < 4.78 is 13.0. The molecule has 2 aromatic carbocycles. The van der Waals surface area contributed by atoms with Crippen LogP contribution < -0.4 is 5.32 Å². The minimum atomic E-state index is -0.296. The molecule has 2 amide bonds. The topological polar surface area (TPSA) is 49.4 Å². The standard InChI is InChI=1S/C23H21FN2O2S/c1-15-2-6-17(7-3-15)23(28)26-11-10-20-18(14-26)12-21(29-20)22(27)25-13-16-4-8-19(24)9-5-16/h2-9,12H,10-11,13-14H2,1H3,(H,25,27). The first-order valence-electron chi connectivity index (χ1n) is 9.50. The summed E-state index contributed by atoms with van der Waals surface area (Å²) >= 11 is 1.48. The molecule has 1 aromatic heterocycles. The molecule has 0 spiro atoms. The van der Waals surface area contributed by atoms with Crippen molar-refractivity contribution in [2.45, 2.75) is 26.4 Å². The Bertz CT molecular complexity index is 1040. The van der Waals surface area contributed by atoms with Crippen LogP contribution in [-0.2, 0) is 19.5 Å². The van der Waals surface area contributed by atoms with E-state index in [9.17, 15) is 14.0 Å². The fourth-order valence-electron chi connectivity index (χ4n) is 3.37. The number of nitrogens with one attached hydrogen (secondary N) is 1. The Labute approximate surface area is 173 Å². The number of carbonyl (C=O) groups is 2. The molecular formula is C23H21FN2O2S. The molecule has 0 atom stereocenters. The first kappa shape index (κ1) is 19.3. The van der Waals surface area contributed by atoms with Gasteiger partial charge < -0.3 is 10.2 Å². The van der Waals surface area contributed by atoms with Crippen LogP contribution in [0.15, 0.2) is 54.6 Å². The number of thiophene rings is 1. The summed E-state index contributed by atoms with van der Waals surface area (Å²) in [5.41, 5.74) is 3.69. The van der Waals surface area contributed by atoms with Crippen molar-refractivity contribution < 1.29 is 14.0 Å². The van der Waals surface area contributed by atoms with Crippen molar-refractivity contribution in [3.8, 4) is 0 Å². The summed E-state index contributed by atoms with van der Waals surface area (Å²) in [6.45, 7) is 3.51.